The van der Waals surface area contributed by atoms with Crippen molar-refractivity contribution in [1.82, 2.24) is 0 Å². The Morgan fingerprint density at radius 3 is 2.25 bits per heavy atom. The number of nitrogens with zero attached hydrogens (tertiary/aromatic N) is 1. The smallest absolute Gasteiger partial charge is 0.338 e. The first kappa shape index (κ1) is 25.8. The summed E-state index contributed by atoms with van der Waals surface area (Å²) in [5.41, 5.74) is 0.717. The summed E-state index contributed by atoms with van der Waals surface area (Å²) >= 11 is 12.5. The number of amides is 3. The van der Waals surface area contributed by atoms with E-state index in [2.05, 4.69) is 5.32 Å². The number of esters is 1. The molecule has 1 aliphatic heterocycles. The lowest BCUT2D eigenvalue weighted by Crippen LogP contribution is -2.34. The highest BCUT2D eigenvalue weighted by molar-refractivity contribution is 6.31. The van der Waals surface area contributed by atoms with Crippen LogP contribution >= 0.6 is 23.2 Å². The number of fused-ring (bicyclic) bond motifs is 1. The molecule has 1 saturated carbocycles. The Labute approximate surface area is 217 Å². The first-order valence-electron chi connectivity index (χ1n) is 11.2. The number of hydrogen-bond acceptors (Lipinski definition) is 7. The molecular formula is C25H24Cl2N2O7. The molecule has 2 fully saturated rings. The van der Waals surface area contributed by atoms with E-state index in [1.54, 1.807) is 24.3 Å². The Morgan fingerprint density at radius 1 is 0.972 bits per heavy atom. The number of anilines is 2. The Hall–Kier alpha value is -3.30. The van der Waals surface area contributed by atoms with Gasteiger partial charge in [-0.2, -0.15) is 0 Å². The summed E-state index contributed by atoms with van der Waals surface area (Å²) in [6.45, 7) is -0.557. The summed E-state index contributed by atoms with van der Waals surface area (Å²) in [6.07, 6.45) is 0.634. The first-order valence-corrected chi connectivity index (χ1v) is 12.1. The summed E-state index contributed by atoms with van der Waals surface area (Å²) in [4.78, 5) is 52.0. The van der Waals surface area contributed by atoms with E-state index in [1.807, 2.05) is 0 Å². The molecule has 11 heteroatoms. The third-order valence-electron chi connectivity index (χ3n) is 6.27. The van der Waals surface area contributed by atoms with Gasteiger partial charge in [-0.15, -0.1) is 23.2 Å². The Kier molecular flexibility index (Phi) is 7.70. The highest BCUT2D eigenvalue weighted by Gasteiger charge is 2.52. The predicted octanol–water partition coefficient (Wildman–Crippen LogP) is 3.61. The van der Waals surface area contributed by atoms with Crippen LogP contribution in [-0.2, 0) is 19.1 Å². The summed E-state index contributed by atoms with van der Waals surface area (Å²) in [5, 5.41) is 1.82. The van der Waals surface area contributed by atoms with Crippen LogP contribution in [0.25, 0.3) is 0 Å². The average Bonchev–Trinajstić information content (AvgIpc) is 3.11. The summed E-state index contributed by atoms with van der Waals surface area (Å²) in [6, 6.07) is 10.8. The Balaban J connectivity index is 1.41. The molecule has 2 aliphatic rings. The molecule has 0 spiro atoms. The van der Waals surface area contributed by atoms with Crippen molar-refractivity contribution in [2.75, 3.05) is 31.0 Å². The van der Waals surface area contributed by atoms with Gasteiger partial charge in [0, 0.05) is 6.07 Å². The van der Waals surface area contributed by atoms with Crippen molar-refractivity contribution in [2.24, 2.45) is 11.8 Å². The topological polar surface area (TPSA) is 111 Å². The number of methoxy groups -OCH3 is 2. The minimum atomic E-state index is -0.785. The molecule has 2 aromatic rings. The van der Waals surface area contributed by atoms with Crippen LogP contribution in [0.5, 0.6) is 11.5 Å². The number of benzene rings is 2. The standard InChI is InChI=1S/C25H24Cl2N2O7/c1-34-15-6-7-20(21(9-15)35-2)28-22(30)12-36-25(33)13-4-3-5-14(8-13)29-23(31)16-10-18(26)19(27)11-17(16)24(29)32/h3-9,16-19H,10-12H2,1-2H3,(H,28,30)/t16-,17+,18-,19-/m0/s1. The molecule has 1 heterocycles. The van der Waals surface area contributed by atoms with Crippen molar-refractivity contribution in [2.45, 2.75) is 23.6 Å². The SMILES string of the molecule is COc1ccc(NC(=O)COC(=O)c2cccc(N3C(=O)[C@H]4C[C@H](Cl)[C@@H](Cl)C[C@H]4C3=O)c2)c(OC)c1. The highest BCUT2D eigenvalue weighted by Crippen LogP contribution is 2.43. The van der Waals surface area contributed by atoms with Crippen LogP contribution in [-0.4, -0.2) is 55.3 Å². The number of rotatable bonds is 7. The van der Waals surface area contributed by atoms with Crippen molar-refractivity contribution in [3.8, 4) is 11.5 Å². The zero-order valence-electron chi connectivity index (χ0n) is 19.5. The van der Waals surface area contributed by atoms with Crippen LogP contribution in [0.4, 0.5) is 11.4 Å². The fourth-order valence-electron chi connectivity index (χ4n) is 4.42. The van der Waals surface area contributed by atoms with Crippen LogP contribution in [0.15, 0.2) is 42.5 Å². The lowest BCUT2D eigenvalue weighted by atomic mass is 9.80. The zero-order valence-corrected chi connectivity index (χ0v) is 21.0. The monoisotopic (exact) mass is 534 g/mol. The number of ether oxygens (including phenoxy) is 3. The lowest BCUT2D eigenvalue weighted by molar-refractivity contribution is -0.122. The maximum Gasteiger partial charge on any atom is 0.338 e. The van der Waals surface area contributed by atoms with Crippen molar-refractivity contribution in [3.05, 3.63) is 48.0 Å². The quantitative estimate of drug-likeness (QED) is 0.328. The van der Waals surface area contributed by atoms with Crippen LogP contribution in [0.3, 0.4) is 0 Å². The van der Waals surface area contributed by atoms with Gasteiger partial charge in [-0.25, -0.2) is 4.79 Å². The second-order valence-electron chi connectivity index (χ2n) is 8.47. The van der Waals surface area contributed by atoms with Gasteiger partial charge in [0.2, 0.25) is 11.8 Å². The Morgan fingerprint density at radius 2 is 1.64 bits per heavy atom. The lowest BCUT2D eigenvalue weighted by Gasteiger charge is -2.28. The van der Waals surface area contributed by atoms with Crippen LogP contribution < -0.4 is 19.7 Å². The molecule has 0 bridgehead atoms. The molecule has 36 heavy (non-hydrogen) atoms. The molecule has 3 amide bonds. The molecule has 0 radical (unpaired) electrons. The largest absolute Gasteiger partial charge is 0.497 e. The summed E-state index contributed by atoms with van der Waals surface area (Å²) in [7, 11) is 2.96. The number of alkyl halides is 2. The van der Waals surface area contributed by atoms with E-state index in [4.69, 9.17) is 37.4 Å². The van der Waals surface area contributed by atoms with Gasteiger partial charge in [-0.05, 0) is 43.2 Å². The van der Waals surface area contributed by atoms with Crippen molar-refractivity contribution in [1.29, 1.82) is 0 Å². The van der Waals surface area contributed by atoms with Gasteiger partial charge in [-0.1, -0.05) is 6.07 Å². The molecule has 0 unspecified atom stereocenters. The third kappa shape index (κ3) is 5.12. The van der Waals surface area contributed by atoms with Crippen molar-refractivity contribution >= 4 is 58.3 Å². The molecule has 4 atom stereocenters. The maximum atomic E-state index is 13.0. The summed E-state index contributed by atoms with van der Waals surface area (Å²) < 4.78 is 15.5. The van der Waals surface area contributed by atoms with Crippen LogP contribution in [0.2, 0.25) is 0 Å². The number of imide groups is 1. The fraction of sp³-hybridized carbons (Fsp3) is 0.360. The number of hydrogen-bond donors (Lipinski definition) is 1. The molecule has 9 nitrogen and oxygen atoms in total. The zero-order chi connectivity index (χ0) is 26.0. The van der Waals surface area contributed by atoms with Crippen LogP contribution in [0, 0.1) is 11.8 Å². The van der Waals surface area contributed by atoms with Crippen LogP contribution in [0.1, 0.15) is 23.2 Å². The molecule has 1 saturated heterocycles. The second kappa shape index (κ2) is 10.8. The van der Waals surface area contributed by atoms with E-state index >= 15 is 0 Å². The van der Waals surface area contributed by atoms with Gasteiger partial charge in [0.05, 0.1) is 53.7 Å². The predicted molar refractivity (Wildman–Crippen MR) is 133 cm³/mol. The average molecular weight is 535 g/mol. The fourth-order valence-corrected chi connectivity index (χ4v) is 5.01. The molecule has 0 aromatic heterocycles. The van der Waals surface area contributed by atoms with Gasteiger partial charge in [0.15, 0.2) is 6.61 Å². The molecule has 1 aliphatic carbocycles. The van der Waals surface area contributed by atoms with Gasteiger partial charge in [0.25, 0.3) is 5.91 Å². The van der Waals surface area contributed by atoms with E-state index in [-0.39, 0.29) is 23.1 Å². The van der Waals surface area contributed by atoms with Gasteiger partial charge in [-0.3, -0.25) is 19.3 Å². The molecule has 2 aromatic carbocycles. The first-order chi connectivity index (χ1) is 17.2. The number of halogens is 2. The number of nitrogens with one attached hydrogen (secondary N) is 1. The number of carbonyl (C=O) groups is 4. The van der Waals surface area contributed by atoms with E-state index in [0.29, 0.717) is 30.0 Å². The Bertz CT molecular complexity index is 1180. The van der Waals surface area contributed by atoms with E-state index in [9.17, 15) is 19.2 Å². The minimum absolute atomic E-state index is 0.0863. The van der Waals surface area contributed by atoms with E-state index < -0.39 is 41.1 Å². The minimum Gasteiger partial charge on any atom is -0.497 e. The molecule has 1 N–H and O–H groups in total. The molecular weight excluding hydrogens is 511 g/mol. The normalized spacial score (nSPS) is 23.2. The van der Waals surface area contributed by atoms with E-state index in [0.717, 1.165) is 4.90 Å². The molecule has 190 valence electrons. The number of carbonyl (C=O) groups excluding carboxylic acids is 4. The van der Waals surface area contributed by atoms with Crippen molar-refractivity contribution < 1.29 is 33.4 Å². The van der Waals surface area contributed by atoms with Gasteiger partial charge >= 0.3 is 5.97 Å². The van der Waals surface area contributed by atoms with Crippen molar-refractivity contribution in [3.63, 3.8) is 0 Å². The summed E-state index contributed by atoms with van der Waals surface area (Å²) in [5.74, 6) is -2.24. The maximum absolute atomic E-state index is 13.0. The van der Waals surface area contributed by atoms with E-state index in [1.165, 1.54) is 32.4 Å². The highest BCUT2D eigenvalue weighted by atomic mass is 35.5. The van der Waals surface area contributed by atoms with Gasteiger partial charge in [0.1, 0.15) is 11.5 Å². The third-order valence-corrected chi connectivity index (χ3v) is 7.36. The van der Waals surface area contributed by atoms with Gasteiger partial charge < -0.3 is 19.5 Å². The molecule has 4 rings (SSSR count). The second-order valence-corrected chi connectivity index (χ2v) is 9.59.